The Morgan fingerprint density at radius 3 is 1.96 bits per heavy atom. The molecule has 9 nitrogen and oxygen atoms in total. The van der Waals surface area contributed by atoms with Crippen LogP contribution in [0.15, 0.2) is 24.3 Å². The minimum atomic E-state index is -0.632. The molecule has 1 aromatic carbocycles. The standard InChI is InChI=1S/C14H13N6O3/c15-7-3-9-18(10-4-8-16)20(23)17-19-13(21)11-5-1-2-6-12(11)14(19)22/h1-2,5-6H,3-4,9-10H2,(H,17,23)/q+1. The van der Waals surface area contributed by atoms with Gasteiger partial charge in [0.05, 0.1) is 54.1 Å². The molecule has 0 bridgehead atoms. The first-order chi connectivity index (χ1) is 11.1. The molecule has 9 heteroatoms. The molecular weight excluding hydrogens is 300 g/mol. The van der Waals surface area contributed by atoms with Gasteiger partial charge < -0.3 is 0 Å². The molecule has 1 aromatic rings. The number of rotatable bonds is 7. The molecule has 2 rings (SSSR count). The van der Waals surface area contributed by atoms with Crippen molar-refractivity contribution in [3.8, 4) is 12.1 Å². The molecule has 0 aliphatic carbocycles. The van der Waals surface area contributed by atoms with Crippen LogP contribution in [0.1, 0.15) is 33.6 Å². The van der Waals surface area contributed by atoms with Crippen LogP contribution in [0.5, 0.6) is 0 Å². The van der Waals surface area contributed by atoms with Gasteiger partial charge in [0.2, 0.25) is 0 Å². The van der Waals surface area contributed by atoms with Crippen molar-refractivity contribution in [3.05, 3.63) is 40.3 Å². The lowest BCUT2D eigenvalue weighted by molar-refractivity contribution is -0.767. The van der Waals surface area contributed by atoms with Crippen molar-refractivity contribution in [2.45, 2.75) is 12.8 Å². The van der Waals surface area contributed by atoms with Crippen LogP contribution in [0.2, 0.25) is 0 Å². The van der Waals surface area contributed by atoms with Crippen LogP contribution in [-0.2, 0) is 0 Å². The maximum Gasteiger partial charge on any atom is 0.284 e. The number of nitrogens with zero attached hydrogens (tertiary/aromatic N) is 5. The summed E-state index contributed by atoms with van der Waals surface area (Å²) < 4.78 is 0. The zero-order chi connectivity index (χ0) is 16.8. The van der Waals surface area contributed by atoms with Gasteiger partial charge in [0.25, 0.3) is 16.8 Å². The molecule has 0 radical (unpaired) electrons. The minimum Gasteiger partial charge on any atom is -0.266 e. The van der Waals surface area contributed by atoms with Crippen molar-refractivity contribution in [1.29, 1.82) is 10.5 Å². The molecule has 0 aromatic heterocycles. The van der Waals surface area contributed by atoms with Gasteiger partial charge in [-0.1, -0.05) is 12.1 Å². The average molecular weight is 313 g/mol. The second kappa shape index (κ2) is 7.00. The van der Waals surface area contributed by atoms with E-state index in [1.807, 2.05) is 12.1 Å². The molecule has 23 heavy (non-hydrogen) atoms. The van der Waals surface area contributed by atoms with Crippen LogP contribution >= 0.6 is 0 Å². The average Bonchev–Trinajstić information content (AvgIpc) is 2.80. The Balaban J connectivity index is 2.10. The number of fused-ring (bicyclic) bond motifs is 1. The van der Waals surface area contributed by atoms with Gasteiger partial charge in [0.1, 0.15) is 0 Å². The van der Waals surface area contributed by atoms with E-state index >= 15 is 0 Å². The van der Waals surface area contributed by atoms with Crippen LogP contribution in [0.25, 0.3) is 0 Å². The van der Waals surface area contributed by atoms with Gasteiger partial charge in [-0.25, -0.2) is 0 Å². The zero-order valence-corrected chi connectivity index (χ0v) is 12.1. The van der Waals surface area contributed by atoms with Gasteiger partial charge >= 0.3 is 0 Å². The first-order valence-electron chi connectivity index (χ1n) is 6.80. The molecule has 0 fully saturated rings. The number of amides is 2. The summed E-state index contributed by atoms with van der Waals surface area (Å²) in [5, 5.41) is 19.0. The van der Waals surface area contributed by atoms with Gasteiger partial charge in [-0.3, -0.25) is 9.59 Å². The van der Waals surface area contributed by atoms with E-state index in [0.29, 0.717) is 5.01 Å². The molecular formula is C14H13N6O3+. The molecule has 1 aliphatic heterocycles. The van der Waals surface area contributed by atoms with Crippen molar-refractivity contribution >= 4 is 11.8 Å². The molecule has 0 saturated heterocycles. The van der Waals surface area contributed by atoms with Crippen molar-refractivity contribution in [1.82, 2.24) is 15.6 Å². The van der Waals surface area contributed by atoms with Gasteiger partial charge in [0.15, 0.2) is 0 Å². The van der Waals surface area contributed by atoms with E-state index in [-0.39, 0.29) is 42.0 Å². The smallest absolute Gasteiger partial charge is 0.266 e. The highest BCUT2D eigenvalue weighted by molar-refractivity contribution is 6.20. The van der Waals surface area contributed by atoms with Gasteiger partial charge in [-0.15, -0.1) is 10.0 Å². The topological polar surface area (TPSA) is 120 Å². The summed E-state index contributed by atoms with van der Waals surface area (Å²) in [5.41, 5.74) is 2.58. The number of hydrogen-bond acceptors (Lipinski definition) is 5. The normalized spacial score (nSPS) is 12.3. The summed E-state index contributed by atoms with van der Waals surface area (Å²) in [6, 6.07) is 10.0. The lowest BCUT2D eigenvalue weighted by Gasteiger charge is -2.14. The second-order valence-electron chi connectivity index (χ2n) is 4.63. The number of imide groups is 1. The summed E-state index contributed by atoms with van der Waals surface area (Å²) in [4.78, 5) is 36.6. The first kappa shape index (κ1) is 15.9. The van der Waals surface area contributed by atoms with Crippen molar-refractivity contribution < 1.29 is 14.6 Å². The third-order valence-electron chi connectivity index (χ3n) is 3.20. The molecule has 116 valence electrons. The number of hydrazine groups is 3. The molecule has 0 unspecified atom stereocenters. The highest BCUT2D eigenvalue weighted by Crippen LogP contribution is 2.20. The summed E-state index contributed by atoms with van der Waals surface area (Å²) in [6.45, 7) is 0.135. The fraction of sp³-hybridized carbons (Fsp3) is 0.286. The Kier molecular flexibility index (Phi) is 4.85. The highest BCUT2D eigenvalue weighted by atomic mass is 16.4. The van der Waals surface area contributed by atoms with Crippen LogP contribution in [0, 0.1) is 27.6 Å². The van der Waals surface area contributed by atoms with E-state index in [1.54, 1.807) is 12.1 Å². The molecule has 0 saturated carbocycles. The van der Waals surface area contributed by atoms with E-state index in [0.717, 1.165) is 5.01 Å². The molecule has 2 amide bonds. The summed E-state index contributed by atoms with van der Waals surface area (Å²) in [5.74, 6) is -1.26. The number of nitroso groups, excluding NO2 is 1. The van der Waals surface area contributed by atoms with Gasteiger partial charge in [-0.2, -0.15) is 10.5 Å². The van der Waals surface area contributed by atoms with Gasteiger partial charge in [-0.05, 0) is 17.7 Å². The third kappa shape index (κ3) is 3.24. The molecule has 1 aliphatic rings. The van der Waals surface area contributed by atoms with E-state index in [4.69, 9.17) is 10.5 Å². The Morgan fingerprint density at radius 2 is 1.52 bits per heavy atom. The van der Waals surface area contributed by atoms with E-state index in [9.17, 15) is 14.5 Å². The van der Waals surface area contributed by atoms with Crippen LogP contribution < -0.4 is 5.53 Å². The number of carbonyl (C=O) groups excluding carboxylic acids is 2. The Labute approximate surface area is 131 Å². The lowest BCUT2D eigenvalue weighted by atomic mass is 10.1. The Morgan fingerprint density at radius 1 is 1.04 bits per heavy atom. The third-order valence-corrected chi connectivity index (χ3v) is 3.20. The fourth-order valence-electron chi connectivity index (χ4n) is 2.08. The summed E-state index contributed by atoms with van der Waals surface area (Å²) in [6.07, 6.45) is 0.127. The monoisotopic (exact) mass is 313 g/mol. The van der Waals surface area contributed by atoms with Crippen molar-refractivity contribution in [2.75, 3.05) is 13.1 Å². The quantitative estimate of drug-likeness (QED) is 0.442. The number of carbonyl (C=O) groups is 2. The number of benzene rings is 1. The van der Waals surface area contributed by atoms with Crippen molar-refractivity contribution in [3.63, 3.8) is 0 Å². The Hall–Kier alpha value is -3.46. The molecule has 1 heterocycles. The lowest BCUT2D eigenvalue weighted by Crippen LogP contribution is -2.53. The highest BCUT2D eigenvalue weighted by Gasteiger charge is 2.40. The SMILES string of the molecule is N#CCCN(CCC#N)[N+](=O)NN1C(=O)c2ccccc2C1=O. The maximum absolute atomic E-state index is 12.1. The fourth-order valence-corrected chi connectivity index (χ4v) is 2.08. The number of hydrogen-bond donors (Lipinski definition) is 1. The predicted molar refractivity (Wildman–Crippen MR) is 75.7 cm³/mol. The largest absolute Gasteiger partial charge is 0.284 e. The van der Waals surface area contributed by atoms with Crippen molar-refractivity contribution in [2.24, 2.45) is 0 Å². The Bertz CT molecular complexity index is 680. The van der Waals surface area contributed by atoms with Gasteiger partial charge in [0, 0.05) is 0 Å². The predicted octanol–water partition coefficient (Wildman–Crippen LogP) is 0.525. The first-order valence-corrected chi connectivity index (χ1v) is 6.80. The van der Waals surface area contributed by atoms with E-state index < -0.39 is 11.8 Å². The van der Waals surface area contributed by atoms with E-state index in [1.165, 1.54) is 12.1 Å². The number of nitriles is 2. The maximum atomic E-state index is 12.1. The van der Waals surface area contributed by atoms with E-state index in [2.05, 4.69) is 5.53 Å². The van der Waals surface area contributed by atoms with Crippen LogP contribution in [0.4, 0.5) is 0 Å². The number of nitrogens with one attached hydrogen (secondary N) is 1. The van der Waals surface area contributed by atoms with Crippen LogP contribution in [-0.4, -0.2) is 39.9 Å². The second-order valence-corrected chi connectivity index (χ2v) is 4.63. The van der Waals surface area contributed by atoms with Crippen LogP contribution in [0.3, 0.4) is 0 Å². The zero-order valence-electron chi connectivity index (χ0n) is 12.1. The summed E-state index contributed by atoms with van der Waals surface area (Å²) >= 11 is 0. The minimum absolute atomic E-state index is 0.0635. The molecule has 0 spiro atoms. The molecule has 1 N–H and O–H groups in total. The molecule has 0 atom stereocenters. The summed E-state index contributed by atoms with van der Waals surface area (Å²) in [7, 11) is 0.